The van der Waals surface area contributed by atoms with Crippen molar-refractivity contribution >= 4 is 23.2 Å². The van der Waals surface area contributed by atoms with Gasteiger partial charge in [0.05, 0.1) is 6.04 Å². The number of nitrogens with one attached hydrogen (secondary N) is 1. The Labute approximate surface area is 191 Å². The molecule has 2 atom stereocenters. The van der Waals surface area contributed by atoms with Gasteiger partial charge in [-0.3, -0.25) is 9.59 Å². The molecule has 1 fully saturated rings. The van der Waals surface area contributed by atoms with Crippen molar-refractivity contribution in [1.29, 1.82) is 0 Å². The molecular weight excluding hydrogens is 404 g/mol. The van der Waals surface area contributed by atoms with Gasteiger partial charge in [-0.1, -0.05) is 65.0 Å². The van der Waals surface area contributed by atoms with E-state index in [4.69, 9.17) is 0 Å². The quantitative estimate of drug-likeness (QED) is 0.621. The summed E-state index contributed by atoms with van der Waals surface area (Å²) < 4.78 is 0. The van der Waals surface area contributed by atoms with Crippen LogP contribution in [0.5, 0.6) is 0 Å². The van der Waals surface area contributed by atoms with Crippen molar-refractivity contribution in [3.63, 3.8) is 0 Å². The van der Waals surface area contributed by atoms with E-state index in [1.165, 1.54) is 5.56 Å². The fourth-order valence-electron chi connectivity index (χ4n) is 4.11. The summed E-state index contributed by atoms with van der Waals surface area (Å²) in [5.41, 5.74) is 2.07. The summed E-state index contributed by atoms with van der Waals surface area (Å²) in [7, 11) is 0. The molecule has 0 spiro atoms. The predicted octanol–water partition coefficient (Wildman–Crippen LogP) is 5.75. The van der Waals surface area contributed by atoms with E-state index in [0.29, 0.717) is 19.0 Å². The maximum absolute atomic E-state index is 13.2. The maximum Gasteiger partial charge on any atom is 0.227 e. The van der Waals surface area contributed by atoms with Gasteiger partial charge in [-0.05, 0) is 47.8 Å². The van der Waals surface area contributed by atoms with E-state index in [1.54, 1.807) is 11.3 Å². The molecule has 1 N–H and O–H groups in total. The van der Waals surface area contributed by atoms with Gasteiger partial charge in [0.25, 0.3) is 0 Å². The lowest BCUT2D eigenvalue weighted by Crippen LogP contribution is -2.47. The molecule has 1 aliphatic heterocycles. The van der Waals surface area contributed by atoms with E-state index in [1.807, 2.05) is 31.7 Å². The molecule has 2 unspecified atom stereocenters. The van der Waals surface area contributed by atoms with Crippen LogP contribution in [0.4, 0.5) is 0 Å². The topological polar surface area (TPSA) is 49.4 Å². The molecule has 1 aromatic carbocycles. The first-order valence-electron chi connectivity index (χ1n) is 11.4. The zero-order valence-electron chi connectivity index (χ0n) is 19.5. The van der Waals surface area contributed by atoms with Crippen molar-refractivity contribution in [2.24, 2.45) is 11.3 Å². The van der Waals surface area contributed by atoms with Crippen molar-refractivity contribution in [3.05, 3.63) is 57.8 Å². The van der Waals surface area contributed by atoms with E-state index in [2.05, 4.69) is 54.9 Å². The number of rotatable bonds is 6. The van der Waals surface area contributed by atoms with E-state index in [9.17, 15) is 9.59 Å². The molecule has 0 radical (unpaired) electrons. The second-order valence-corrected chi connectivity index (χ2v) is 10.7. The number of carbonyl (C=O) groups excluding carboxylic acids is 2. The molecule has 3 rings (SSSR count). The van der Waals surface area contributed by atoms with Gasteiger partial charge in [-0.25, -0.2) is 0 Å². The van der Waals surface area contributed by atoms with Gasteiger partial charge in [0.1, 0.15) is 0 Å². The van der Waals surface area contributed by atoms with E-state index in [0.717, 1.165) is 29.7 Å². The molecule has 0 aliphatic carbocycles. The Bertz CT molecular complexity index is 860. The average Bonchev–Trinajstić information content (AvgIpc) is 3.30. The smallest absolute Gasteiger partial charge is 0.227 e. The highest BCUT2D eigenvalue weighted by Crippen LogP contribution is 2.30. The fourth-order valence-corrected chi connectivity index (χ4v) is 4.91. The molecule has 168 valence electrons. The van der Waals surface area contributed by atoms with Gasteiger partial charge in [0, 0.05) is 29.3 Å². The van der Waals surface area contributed by atoms with Crippen molar-refractivity contribution in [1.82, 2.24) is 10.2 Å². The van der Waals surface area contributed by atoms with Crippen molar-refractivity contribution in [3.8, 4) is 0 Å². The highest BCUT2D eigenvalue weighted by Gasteiger charge is 2.33. The Morgan fingerprint density at radius 3 is 2.23 bits per heavy atom. The molecular formula is C26H36N2O2S. The summed E-state index contributed by atoms with van der Waals surface area (Å²) in [6, 6.07) is 12.7. The standard InChI is InChI=1S/C26H36N2O2S/c1-6-18(2)19-9-11-20(12-10-19)23(22-8-7-17-31-22)27-24(29)21-13-15-28(16-14-21)25(30)26(3,4)5/h7-12,17-18,21,23H,6,13-16H2,1-5H3,(H,27,29). The molecule has 0 saturated carbocycles. The summed E-state index contributed by atoms with van der Waals surface area (Å²) in [6.45, 7) is 11.6. The number of amides is 2. The predicted molar refractivity (Wildman–Crippen MR) is 128 cm³/mol. The third-order valence-corrected chi connectivity index (χ3v) is 7.30. The van der Waals surface area contributed by atoms with Gasteiger partial charge in [-0.2, -0.15) is 0 Å². The zero-order chi connectivity index (χ0) is 22.6. The number of carbonyl (C=O) groups is 2. The van der Waals surface area contributed by atoms with Crippen LogP contribution in [0, 0.1) is 11.3 Å². The second kappa shape index (κ2) is 9.99. The van der Waals surface area contributed by atoms with Crippen LogP contribution in [0.3, 0.4) is 0 Å². The lowest BCUT2D eigenvalue weighted by Gasteiger charge is -2.35. The summed E-state index contributed by atoms with van der Waals surface area (Å²) in [4.78, 5) is 28.8. The summed E-state index contributed by atoms with van der Waals surface area (Å²) in [6.07, 6.45) is 2.55. The third-order valence-electron chi connectivity index (χ3n) is 6.36. The molecule has 1 aromatic heterocycles. The van der Waals surface area contributed by atoms with Gasteiger partial charge in [0.15, 0.2) is 0 Å². The molecule has 2 heterocycles. The van der Waals surface area contributed by atoms with Crippen LogP contribution in [0.1, 0.15) is 81.8 Å². The largest absolute Gasteiger partial charge is 0.344 e. The van der Waals surface area contributed by atoms with Crippen LogP contribution in [-0.4, -0.2) is 29.8 Å². The highest BCUT2D eigenvalue weighted by atomic mass is 32.1. The van der Waals surface area contributed by atoms with Gasteiger partial charge < -0.3 is 10.2 Å². The Morgan fingerprint density at radius 1 is 1.10 bits per heavy atom. The third kappa shape index (κ3) is 5.76. The first kappa shape index (κ1) is 23.5. The lowest BCUT2D eigenvalue weighted by molar-refractivity contribution is -0.142. The Kier molecular flexibility index (Phi) is 7.58. The number of thiophene rings is 1. The molecule has 4 nitrogen and oxygen atoms in total. The van der Waals surface area contributed by atoms with E-state index in [-0.39, 0.29) is 29.2 Å². The average molecular weight is 441 g/mol. The minimum absolute atomic E-state index is 0.0501. The zero-order valence-corrected chi connectivity index (χ0v) is 20.3. The fraction of sp³-hybridized carbons (Fsp3) is 0.538. The lowest BCUT2D eigenvalue weighted by atomic mass is 9.90. The van der Waals surface area contributed by atoms with E-state index < -0.39 is 0 Å². The molecule has 1 aliphatic rings. The summed E-state index contributed by atoms with van der Waals surface area (Å²) in [5.74, 6) is 0.743. The molecule has 5 heteroatoms. The van der Waals surface area contributed by atoms with Gasteiger partial charge >= 0.3 is 0 Å². The molecule has 2 aromatic rings. The summed E-state index contributed by atoms with van der Waals surface area (Å²) >= 11 is 1.67. The number of nitrogens with zero attached hydrogens (tertiary/aromatic N) is 1. The molecule has 0 bridgehead atoms. The van der Waals surface area contributed by atoms with Crippen LogP contribution in [0.2, 0.25) is 0 Å². The number of hydrogen-bond donors (Lipinski definition) is 1. The second-order valence-electron chi connectivity index (χ2n) is 9.75. The molecule has 1 saturated heterocycles. The van der Waals surface area contributed by atoms with Crippen LogP contribution < -0.4 is 5.32 Å². The highest BCUT2D eigenvalue weighted by molar-refractivity contribution is 7.10. The monoisotopic (exact) mass is 440 g/mol. The molecule has 2 amide bonds. The van der Waals surface area contributed by atoms with Gasteiger partial charge in [-0.15, -0.1) is 11.3 Å². The number of piperidine rings is 1. The Morgan fingerprint density at radius 2 is 1.71 bits per heavy atom. The van der Waals surface area contributed by atoms with Crippen molar-refractivity contribution in [2.75, 3.05) is 13.1 Å². The number of likely N-dealkylation sites (tertiary alicyclic amines) is 1. The maximum atomic E-state index is 13.2. The first-order chi connectivity index (χ1) is 14.7. The van der Waals surface area contributed by atoms with Crippen LogP contribution >= 0.6 is 11.3 Å². The Balaban J connectivity index is 1.69. The van der Waals surface area contributed by atoms with E-state index >= 15 is 0 Å². The normalized spacial score (nSPS) is 17.3. The number of benzene rings is 1. The first-order valence-corrected chi connectivity index (χ1v) is 12.3. The van der Waals surface area contributed by atoms with Crippen molar-refractivity contribution in [2.45, 2.75) is 65.8 Å². The van der Waals surface area contributed by atoms with Crippen molar-refractivity contribution < 1.29 is 9.59 Å². The van der Waals surface area contributed by atoms with Gasteiger partial charge in [0.2, 0.25) is 11.8 Å². The minimum Gasteiger partial charge on any atom is -0.344 e. The van der Waals surface area contributed by atoms with Crippen LogP contribution in [-0.2, 0) is 9.59 Å². The summed E-state index contributed by atoms with van der Waals surface area (Å²) in [5, 5.41) is 5.36. The SMILES string of the molecule is CCC(C)c1ccc(C(NC(=O)C2CCN(C(=O)C(C)(C)C)CC2)c2cccs2)cc1. The van der Waals surface area contributed by atoms with Crippen LogP contribution in [0.15, 0.2) is 41.8 Å². The minimum atomic E-state index is -0.374. The van der Waals surface area contributed by atoms with Crippen LogP contribution in [0.25, 0.3) is 0 Å². The Hall–Kier alpha value is -2.14. The molecule has 31 heavy (non-hydrogen) atoms. The number of hydrogen-bond acceptors (Lipinski definition) is 3.